The molecule has 3 heteroatoms. The number of aromatic amines is 1. The highest BCUT2D eigenvalue weighted by molar-refractivity contribution is 5.21. The normalized spacial score (nSPS) is 19.6. The minimum Gasteiger partial charge on any atom is -0.344 e. The van der Waals surface area contributed by atoms with Crippen LogP contribution < -0.4 is 5.73 Å². The number of H-pyrrole nitrogens is 1. The number of aryl methyl sites for hydroxylation is 2. The van der Waals surface area contributed by atoms with Gasteiger partial charge in [-0.2, -0.15) is 0 Å². The van der Waals surface area contributed by atoms with Crippen LogP contribution in [0.3, 0.4) is 0 Å². The van der Waals surface area contributed by atoms with E-state index in [-0.39, 0.29) is 5.54 Å². The van der Waals surface area contributed by atoms with E-state index < -0.39 is 0 Å². The van der Waals surface area contributed by atoms with Gasteiger partial charge in [-0.1, -0.05) is 12.2 Å². The second kappa shape index (κ2) is 2.70. The van der Waals surface area contributed by atoms with E-state index in [1.807, 2.05) is 13.8 Å². The molecule has 1 aliphatic rings. The van der Waals surface area contributed by atoms with Crippen molar-refractivity contribution in [3.05, 3.63) is 29.4 Å². The molecule has 1 heterocycles. The highest BCUT2D eigenvalue weighted by atomic mass is 15.0. The van der Waals surface area contributed by atoms with Crippen molar-refractivity contribution in [2.75, 3.05) is 0 Å². The topological polar surface area (TPSA) is 54.7 Å². The summed E-state index contributed by atoms with van der Waals surface area (Å²) in [5, 5.41) is 0. The van der Waals surface area contributed by atoms with Crippen LogP contribution in [-0.2, 0) is 5.54 Å². The summed E-state index contributed by atoms with van der Waals surface area (Å²) in [4.78, 5) is 7.69. The predicted octanol–water partition coefficient (Wildman–Crippen LogP) is 1.53. The molecule has 0 saturated heterocycles. The first-order valence-corrected chi connectivity index (χ1v) is 4.59. The van der Waals surface area contributed by atoms with Crippen molar-refractivity contribution in [1.82, 2.24) is 9.97 Å². The molecule has 0 atom stereocenters. The quantitative estimate of drug-likeness (QED) is 0.639. The van der Waals surface area contributed by atoms with Crippen LogP contribution in [0.1, 0.15) is 30.1 Å². The molecule has 0 saturated carbocycles. The Hall–Kier alpha value is -1.09. The van der Waals surface area contributed by atoms with Crippen LogP contribution in [0.25, 0.3) is 0 Å². The third kappa shape index (κ3) is 1.29. The summed E-state index contributed by atoms with van der Waals surface area (Å²) in [5.74, 6) is 0.924. The van der Waals surface area contributed by atoms with Gasteiger partial charge >= 0.3 is 0 Å². The molecule has 0 bridgehead atoms. The van der Waals surface area contributed by atoms with Gasteiger partial charge in [0.2, 0.25) is 0 Å². The van der Waals surface area contributed by atoms with Gasteiger partial charge in [-0.25, -0.2) is 4.98 Å². The van der Waals surface area contributed by atoms with E-state index in [2.05, 4.69) is 22.1 Å². The number of nitrogens with one attached hydrogen (secondary N) is 1. The van der Waals surface area contributed by atoms with E-state index >= 15 is 0 Å². The van der Waals surface area contributed by atoms with Crippen molar-refractivity contribution in [2.24, 2.45) is 5.73 Å². The third-order valence-electron chi connectivity index (χ3n) is 2.73. The fourth-order valence-corrected chi connectivity index (χ4v) is 1.65. The van der Waals surface area contributed by atoms with E-state index in [9.17, 15) is 0 Å². The van der Waals surface area contributed by atoms with Gasteiger partial charge in [0.25, 0.3) is 0 Å². The van der Waals surface area contributed by atoms with E-state index in [4.69, 9.17) is 5.73 Å². The molecule has 3 nitrogen and oxygen atoms in total. The minimum absolute atomic E-state index is 0.279. The van der Waals surface area contributed by atoms with Crippen LogP contribution in [0.4, 0.5) is 0 Å². The second-order valence-corrected chi connectivity index (χ2v) is 3.83. The smallest absolute Gasteiger partial charge is 0.127 e. The van der Waals surface area contributed by atoms with Gasteiger partial charge < -0.3 is 10.7 Å². The number of imidazole rings is 1. The minimum atomic E-state index is -0.279. The molecular formula is C10H15N3. The van der Waals surface area contributed by atoms with Crippen molar-refractivity contribution in [3.8, 4) is 0 Å². The predicted molar refractivity (Wildman–Crippen MR) is 52.3 cm³/mol. The number of nitrogens with zero attached hydrogens (tertiary/aromatic N) is 1. The third-order valence-corrected chi connectivity index (χ3v) is 2.73. The first-order valence-electron chi connectivity index (χ1n) is 4.59. The largest absolute Gasteiger partial charge is 0.344 e. The molecule has 0 unspecified atom stereocenters. The van der Waals surface area contributed by atoms with Gasteiger partial charge in [-0.3, -0.25) is 0 Å². The maximum atomic E-state index is 6.21. The Labute approximate surface area is 78.1 Å². The summed E-state index contributed by atoms with van der Waals surface area (Å²) in [7, 11) is 0. The Bertz CT molecular complexity index is 322. The highest BCUT2D eigenvalue weighted by Crippen LogP contribution is 2.30. The number of hydrogen-bond acceptors (Lipinski definition) is 2. The first-order chi connectivity index (χ1) is 6.12. The fraction of sp³-hybridized carbons (Fsp3) is 0.500. The van der Waals surface area contributed by atoms with Crippen LogP contribution in [0.15, 0.2) is 12.2 Å². The van der Waals surface area contributed by atoms with Gasteiger partial charge in [0, 0.05) is 5.69 Å². The van der Waals surface area contributed by atoms with Gasteiger partial charge in [0.05, 0.1) is 11.2 Å². The molecule has 0 amide bonds. The lowest BCUT2D eigenvalue weighted by molar-refractivity contribution is 0.452. The lowest BCUT2D eigenvalue weighted by atomic mass is 9.97. The molecule has 1 aromatic heterocycles. The lowest BCUT2D eigenvalue weighted by Gasteiger charge is -2.20. The Morgan fingerprint density at radius 2 is 2.00 bits per heavy atom. The molecule has 0 spiro atoms. The zero-order chi connectivity index (χ0) is 9.47. The van der Waals surface area contributed by atoms with Crippen LogP contribution in [0.2, 0.25) is 0 Å². The Morgan fingerprint density at radius 1 is 1.38 bits per heavy atom. The van der Waals surface area contributed by atoms with Crippen LogP contribution in [0, 0.1) is 13.8 Å². The van der Waals surface area contributed by atoms with Crippen molar-refractivity contribution < 1.29 is 0 Å². The average molecular weight is 177 g/mol. The molecule has 70 valence electrons. The Balaban J connectivity index is 2.35. The molecule has 0 aromatic carbocycles. The van der Waals surface area contributed by atoms with Crippen LogP contribution in [-0.4, -0.2) is 9.97 Å². The van der Waals surface area contributed by atoms with Crippen molar-refractivity contribution in [3.63, 3.8) is 0 Å². The van der Waals surface area contributed by atoms with Crippen molar-refractivity contribution in [2.45, 2.75) is 32.2 Å². The standard InChI is InChI=1S/C10H15N3/c1-7-8(2)13-9(12-7)10(11)5-3-4-6-10/h3-4H,5-6,11H2,1-2H3,(H,12,13). The lowest BCUT2D eigenvalue weighted by Crippen LogP contribution is -2.34. The van der Waals surface area contributed by atoms with Gasteiger partial charge in [-0.05, 0) is 26.7 Å². The molecule has 0 fully saturated rings. The summed E-state index contributed by atoms with van der Waals surface area (Å²) in [6.45, 7) is 4.03. The molecular weight excluding hydrogens is 162 g/mol. The fourth-order valence-electron chi connectivity index (χ4n) is 1.65. The SMILES string of the molecule is Cc1nc(C2(N)CC=CC2)[nH]c1C. The number of aromatic nitrogens is 2. The molecule has 3 N–H and O–H groups in total. The van der Waals surface area contributed by atoms with Gasteiger partial charge in [0.1, 0.15) is 5.82 Å². The van der Waals surface area contributed by atoms with E-state index in [1.54, 1.807) is 0 Å². The number of hydrogen-bond donors (Lipinski definition) is 2. The number of nitrogens with two attached hydrogens (primary N) is 1. The van der Waals surface area contributed by atoms with Crippen LogP contribution >= 0.6 is 0 Å². The molecule has 1 aromatic rings. The monoisotopic (exact) mass is 177 g/mol. The van der Waals surface area contributed by atoms with E-state index in [0.717, 1.165) is 30.1 Å². The van der Waals surface area contributed by atoms with E-state index in [0.29, 0.717) is 0 Å². The average Bonchev–Trinajstić information content (AvgIpc) is 2.62. The number of rotatable bonds is 1. The molecule has 13 heavy (non-hydrogen) atoms. The molecule has 1 aliphatic carbocycles. The first kappa shape index (κ1) is 8.51. The Kier molecular flexibility index (Phi) is 1.77. The van der Waals surface area contributed by atoms with Gasteiger partial charge in [0.15, 0.2) is 0 Å². The summed E-state index contributed by atoms with van der Waals surface area (Å²) >= 11 is 0. The zero-order valence-electron chi connectivity index (χ0n) is 8.09. The summed E-state index contributed by atoms with van der Waals surface area (Å²) in [6, 6.07) is 0. The van der Waals surface area contributed by atoms with E-state index in [1.165, 1.54) is 0 Å². The summed E-state index contributed by atoms with van der Waals surface area (Å²) < 4.78 is 0. The van der Waals surface area contributed by atoms with Crippen molar-refractivity contribution >= 4 is 0 Å². The second-order valence-electron chi connectivity index (χ2n) is 3.83. The molecule has 0 radical (unpaired) electrons. The van der Waals surface area contributed by atoms with Crippen molar-refractivity contribution in [1.29, 1.82) is 0 Å². The highest BCUT2D eigenvalue weighted by Gasteiger charge is 2.31. The molecule has 0 aliphatic heterocycles. The van der Waals surface area contributed by atoms with Gasteiger partial charge in [-0.15, -0.1) is 0 Å². The zero-order valence-corrected chi connectivity index (χ0v) is 8.09. The van der Waals surface area contributed by atoms with Crippen LogP contribution in [0.5, 0.6) is 0 Å². The summed E-state index contributed by atoms with van der Waals surface area (Å²) in [6.07, 6.45) is 6.01. The molecule has 2 rings (SSSR count). The Morgan fingerprint density at radius 3 is 2.46 bits per heavy atom. The maximum absolute atomic E-state index is 6.21. The summed E-state index contributed by atoms with van der Waals surface area (Å²) in [5.41, 5.74) is 8.09. The maximum Gasteiger partial charge on any atom is 0.127 e.